The van der Waals surface area contributed by atoms with E-state index in [-0.39, 0.29) is 11.5 Å². The van der Waals surface area contributed by atoms with E-state index in [0.717, 1.165) is 20.2 Å². The predicted molar refractivity (Wildman–Crippen MR) is 130 cm³/mol. The van der Waals surface area contributed by atoms with Crippen molar-refractivity contribution in [2.75, 3.05) is 18.6 Å². The Morgan fingerprint density at radius 1 is 1.11 bits per heavy atom. The number of methoxy groups -OCH3 is 1. The first-order chi connectivity index (χ1) is 16.6. The van der Waals surface area contributed by atoms with E-state index in [1.807, 2.05) is 25.1 Å². The molecule has 0 atom stereocenters. The summed E-state index contributed by atoms with van der Waals surface area (Å²) in [5, 5.41) is 4.37. The van der Waals surface area contributed by atoms with E-state index in [2.05, 4.69) is 26.0 Å². The number of rotatable bonds is 3. The Hall–Kier alpha value is -3.40. The molecule has 0 N–H and O–H groups in total. The minimum atomic E-state index is -4.61. The van der Waals surface area contributed by atoms with Gasteiger partial charge in [0.15, 0.2) is 5.69 Å². The molecule has 4 aromatic rings. The summed E-state index contributed by atoms with van der Waals surface area (Å²) >= 11 is 3.54. The Kier molecular flexibility index (Phi) is 5.58. The molecule has 0 bridgehead atoms. The zero-order valence-electron chi connectivity index (χ0n) is 19.1. The number of aromatic nitrogens is 3. The Bertz CT molecular complexity index is 1500. The quantitative estimate of drug-likeness (QED) is 0.320. The van der Waals surface area contributed by atoms with Crippen molar-refractivity contribution < 1.29 is 22.7 Å². The number of anilines is 1. The number of carbonyl (C=O) groups is 1. The van der Waals surface area contributed by atoms with Crippen molar-refractivity contribution in [2.45, 2.75) is 19.5 Å². The molecule has 10 heteroatoms. The van der Waals surface area contributed by atoms with E-state index in [4.69, 9.17) is 4.74 Å². The van der Waals surface area contributed by atoms with Gasteiger partial charge in [0.05, 0.1) is 18.3 Å². The fourth-order valence-corrected chi connectivity index (χ4v) is 5.14. The Labute approximate surface area is 207 Å². The number of aryl methyl sites for hydroxylation is 2. The molecule has 0 unspecified atom stereocenters. The zero-order valence-corrected chi connectivity index (χ0v) is 20.7. The average molecular weight is 545 g/mol. The fraction of sp³-hybridized carbons (Fsp3) is 0.240. The van der Waals surface area contributed by atoms with Gasteiger partial charge in [-0.3, -0.25) is 14.5 Å². The number of hydrogen-bond donors (Lipinski definition) is 0. The molecule has 2 aromatic carbocycles. The number of carbonyl (C=O) groups excluding carboxylic acids is 1. The van der Waals surface area contributed by atoms with E-state index in [9.17, 15) is 18.0 Å². The van der Waals surface area contributed by atoms with Gasteiger partial charge in [0.25, 0.3) is 5.91 Å². The number of hydrogen-bond acceptors (Lipinski definition) is 4. The molecular weight excluding hydrogens is 525 g/mol. The summed E-state index contributed by atoms with van der Waals surface area (Å²) < 4.78 is 48.2. The number of benzene rings is 2. The Morgan fingerprint density at radius 3 is 2.57 bits per heavy atom. The molecule has 6 nitrogen and oxygen atoms in total. The van der Waals surface area contributed by atoms with Crippen LogP contribution in [0.25, 0.3) is 22.0 Å². The van der Waals surface area contributed by atoms with Crippen molar-refractivity contribution in [1.82, 2.24) is 14.8 Å². The van der Waals surface area contributed by atoms with Crippen LogP contribution in [0.4, 0.5) is 18.9 Å². The summed E-state index contributed by atoms with van der Waals surface area (Å²) in [7, 11) is 3.01. The van der Waals surface area contributed by atoms with Crippen LogP contribution in [0.15, 0.2) is 47.1 Å². The molecule has 1 aliphatic rings. The van der Waals surface area contributed by atoms with E-state index >= 15 is 0 Å². The highest BCUT2D eigenvalue weighted by molar-refractivity contribution is 9.10. The second kappa shape index (κ2) is 8.37. The lowest BCUT2D eigenvalue weighted by Crippen LogP contribution is -2.38. The molecule has 5 rings (SSSR count). The van der Waals surface area contributed by atoms with Crippen LogP contribution in [-0.2, 0) is 19.6 Å². The molecule has 2 aromatic heterocycles. The third kappa shape index (κ3) is 3.95. The smallest absolute Gasteiger partial charge is 0.435 e. The maximum Gasteiger partial charge on any atom is 0.435 e. The first-order valence-corrected chi connectivity index (χ1v) is 11.6. The fourth-order valence-electron chi connectivity index (χ4n) is 4.61. The monoisotopic (exact) mass is 544 g/mol. The number of pyridine rings is 1. The molecule has 0 radical (unpaired) electrons. The van der Waals surface area contributed by atoms with Gasteiger partial charge in [-0.05, 0) is 64.7 Å². The molecule has 0 aliphatic carbocycles. The summed E-state index contributed by atoms with van der Waals surface area (Å²) in [4.78, 5) is 20.0. The van der Waals surface area contributed by atoms with Crippen molar-refractivity contribution in [3.8, 4) is 16.9 Å². The summed E-state index contributed by atoms with van der Waals surface area (Å²) in [6.07, 6.45) is -2.87. The lowest BCUT2D eigenvalue weighted by Gasteiger charge is -2.31. The molecule has 3 heterocycles. The lowest BCUT2D eigenvalue weighted by atomic mass is 9.90. The Balaban J connectivity index is 1.65. The first kappa shape index (κ1) is 23.3. The van der Waals surface area contributed by atoms with Crippen molar-refractivity contribution >= 4 is 38.4 Å². The van der Waals surface area contributed by atoms with Crippen LogP contribution < -0.4 is 9.64 Å². The van der Waals surface area contributed by atoms with Crippen molar-refractivity contribution in [3.63, 3.8) is 0 Å². The van der Waals surface area contributed by atoms with Crippen LogP contribution in [0.3, 0.4) is 0 Å². The highest BCUT2D eigenvalue weighted by Crippen LogP contribution is 2.41. The average Bonchev–Trinajstić information content (AvgIpc) is 3.21. The first-order valence-electron chi connectivity index (χ1n) is 10.8. The van der Waals surface area contributed by atoms with Gasteiger partial charge in [-0.1, -0.05) is 12.1 Å². The number of fused-ring (bicyclic) bond motifs is 2. The predicted octanol–water partition coefficient (Wildman–Crippen LogP) is 5.94. The molecule has 0 fully saturated rings. The number of halogens is 4. The highest BCUT2D eigenvalue weighted by atomic mass is 79.9. The van der Waals surface area contributed by atoms with Gasteiger partial charge in [0, 0.05) is 46.5 Å². The summed E-state index contributed by atoms with van der Waals surface area (Å²) in [6.45, 7) is 2.15. The summed E-state index contributed by atoms with van der Waals surface area (Å²) in [5.74, 6) is 0.330. The van der Waals surface area contributed by atoms with Gasteiger partial charge >= 0.3 is 6.18 Å². The number of ether oxygens (including phenoxy) is 1. The normalized spacial score (nSPS) is 13.9. The van der Waals surface area contributed by atoms with Crippen LogP contribution in [-0.4, -0.2) is 34.3 Å². The molecular formula is C25H20BrF3N4O2. The maximum atomic E-state index is 13.7. The van der Waals surface area contributed by atoms with Crippen LogP contribution in [0, 0.1) is 6.92 Å². The largest absolute Gasteiger partial charge is 0.497 e. The Morgan fingerprint density at radius 2 is 1.86 bits per heavy atom. The van der Waals surface area contributed by atoms with Crippen molar-refractivity contribution in [3.05, 3.63) is 69.6 Å². The summed E-state index contributed by atoms with van der Waals surface area (Å²) in [5.41, 5.74) is 2.43. The van der Waals surface area contributed by atoms with Crippen molar-refractivity contribution in [2.24, 2.45) is 7.05 Å². The van der Waals surface area contributed by atoms with E-state index in [1.165, 1.54) is 13.2 Å². The topological polar surface area (TPSA) is 60.2 Å². The molecule has 1 amide bonds. The van der Waals surface area contributed by atoms with Crippen LogP contribution >= 0.6 is 15.9 Å². The van der Waals surface area contributed by atoms with Crippen molar-refractivity contribution in [1.29, 1.82) is 0 Å². The van der Waals surface area contributed by atoms with E-state index < -0.39 is 11.9 Å². The van der Waals surface area contributed by atoms with Crippen LogP contribution in [0.1, 0.15) is 27.3 Å². The van der Waals surface area contributed by atoms with Crippen LogP contribution in [0.5, 0.6) is 5.75 Å². The van der Waals surface area contributed by atoms with E-state index in [0.29, 0.717) is 46.6 Å². The molecule has 0 saturated carbocycles. The summed E-state index contributed by atoms with van der Waals surface area (Å²) in [6, 6.07) is 10.4. The van der Waals surface area contributed by atoms with Gasteiger partial charge < -0.3 is 9.64 Å². The standard InChI is InChI=1S/C25H20BrF3N4O2/c1-13-9-21(18-10-14(35-3)11-20(26)22(18)30-13)33-8-7-16-15(5-4-6-17(16)24(33)34)19-12-32(2)31-23(19)25(27,28)29/h4-6,9-12H,7-8H2,1-3H3. The highest BCUT2D eigenvalue weighted by Gasteiger charge is 2.38. The zero-order chi connectivity index (χ0) is 25.1. The van der Waals surface area contributed by atoms with Crippen LogP contribution in [0.2, 0.25) is 0 Å². The second-order valence-corrected chi connectivity index (χ2v) is 9.24. The lowest BCUT2D eigenvalue weighted by molar-refractivity contribution is -0.140. The number of amides is 1. The third-order valence-corrected chi connectivity index (χ3v) is 6.70. The molecule has 0 saturated heterocycles. The third-order valence-electron chi connectivity index (χ3n) is 6.10. The second-order valence-electron chi connectivity index (χ2n) is 8.39. The molecule has 1 aliphatic heterocycles. The maximum absolute atomic E-state index is 13.7. The van der Waals surface area contributed by atoms with E-state index in [1.54, 1.807) is 30.2 Å². The van der Waals surface area contributed by atoms with Gasteiger partial charge in [-0.2, -0.15) is 18.3 Å². The van der Waals surface area contributed by atoms with Gasteiger partial charge in [0.2, 0.25) is 0 Å². The minimum Gasteiger partial charge on any atom is -0.497 e. The SMILES string of the molecule is COc1cc(Br)c2nc(C)cc(N3CCc4c(cccc4-c4cn(C)nc4C(F)(F)F)C3=O)c2c1. The number of alkyl halides is 3. The molecule has 180 valence electrons. The number of nitrogens with zero attached hydrogens (tertiary/aromatic N) is 4. The van der Waals surface area contributed by atoms with Gasteiger partial charge in [-0.15, -0.1) is 0 Å². The van der Waals surface area contributed by atoms with Gasteiger partial charge in [-0.25, -0.2) is 0 Å². The minimum absolute atomic E-state index is 0.0306. The van der Waals surface area contributed by atoms with Gasteiger partial charge in [0.1, 0.15) is 5.75 Å². The molecule has 0 spiro atoms. The molecule has 35 heavy (non-hydrogen) atoms.